The largest absolute Gasteiger partial charge is 0.507 e. The van der Waals surface area contributed by atoms with E-state index in [2.05, 4.69) is 6.92 Å². The van der Waals surface area contributed by atoms with E-state index in [1.54, 1.807) is 0 Å². The van der Waals surface area contributed by atoms with E-state index in [9.17, 15) is 14.7 Å². The first-order valence-corrected chi connectivity index (χ1v) is 11.0. The quantitative estimate of drug-likeness (QED) is 0.356. The monoisotopic (exact) mass is 472 g/mol. The molecule has 0 aromatic heterocycles. The van der Waals surface area contributed by atoms with Crippen LogP contribution in [0.1, 0.15) is 29.7 Å². The maximum Gasteiger partial charge on any atom is 0.295 e. The molecule has 1 saturated heterocycles. The van der Waals surface area contributed by atoms with Gasteiger partial charge in [-0.3, -0.25) is 9.59 Å². The summed E-state index contributed by atoms with van der Waals surface area (Å²) in [4.78, 5) is 29.7. The number of methoxy groups -OCH3 is 2. The Balaban J connectivity index is 2.22. The summed E-state index contributed by atoms with van der Waals surface area (Å²) < 4.78 is 10.7. The fourth-order valence-corrected chi connectivity index (χ4v) is 4.12. The van der Waals surface area contributed by atoms with Crippen molar-refractivity contribution in [2.75, 3.05) is 41.4 Å². The topological polar surface area (TPSA) is 79.3 Å². The number of aryl methyl sites for hydroxylation is 1. The van der Waals surface area contributed by atoms with Gasteiger partial charge in [-0.1, -0.05) is 42.8 Å². The number of ketones is 1. The number of aliphatic hydroxyl groups is 1. The lowest BCUT2D eigenvalue weighted by Gasteiger charge is -2.27. The van der Waals surface area contributed by atoms with Gasteiger partial charge in [-0.25, -0.2) is 0 Å². The number of amides is 1. The van der Waals surface area contributed by atoms with Crippen LogP contribution in [0.4, 0.5) is 0 Å². The lowest BCUT2D eigenvalue weighted by Crippen LogP contribution is -2.35. The van der Waals surface area contributed by atoms with Crippen LogP contribution in [0.3, 0.4) is 0 Å². The lowest BCUT2D eigenvalue weighted by atomic mass is 9.94. The lowest BCUT2D eigenvalue weighted by molar-refractivity contribution is -0.140. The molecule has 0 radical (unpaired) electrons. The van der Waals surface area contributed by atoms with Crippen LogP contribution in [0.5, 0.6) is 11.5 Å². The van der Waals surface area contributed by atoms with Crippen molar-refractivity contribution >= 4 is 29.1 Å². The van der Waals surface area contributed by atoms with Gasteiger partial charge in [0.1, 0.15) is 17.3 Å². The molecule has 1 unspecified atom stereocenters. The van der Waals surface area contributed by atoms with Crippen LogP contribution in [0, 0.1) is 0 Å². The van der Waals surface area contributed by atoms with Crippen LogP contribution in [-0.4, -0.2) is 68.0 Å². The average Bonchev–Trinajstić information content (AvgIpc) is 3.06. The first-order chi connectivity index (χ1) is 15.7. The van der Waals surface area contributed by atoms with Gasteiger partial charge in [0, 0.05) is 19.2 Å². The Morgan fingerprint density at radius 2 is 1.73 bits per heavy atom. The van der Waals surface area contributed by atoms with Gasteiger partial charge < -0.3 is 24.4 Å². The number of carbonyl (C=O) groups excluding carboxylic acids is 2. The minimum atomic E-state index is -0.744. The first-order valence-electron chi connectivity index (χ1n) is 10.7. The molecule has 0 spiro atoms. The Bertz CT molecular complexity index is 1080. The number of benzene rings is 2. The maximum atomic E-state index is 13.2. The van der Waals surface area contributed by atoms with Gasteiger partial charge in [-0.2, -0.15) is 0 Å². The van der Waals surface area contributed by atoms with Gasteiger partial charge in [0.05, 0.1) is 36.4 Å². The van der Waals surface area contributed by atoms with E-state index in [-0.39, 0.29) is 22.6 Å². The summed E-state index contributed by atoms with van der Waals surface area (Å²) in [7, 11) is 6.68. The number of aliphatic hydroxyl groups excluding tert-OH is 1. The molecule has 0 aliphatic carbocycles. The normalized spacial score (nSPS) is 17.7. The predicted molar refractivity (Wildman–Crippen MR) is 128 cm³/mol. The van der Waals surface area contributed by atoms with E-state index in [1.807, 2.05) is 43.3 Å². The molecule has 176 valence electrons. The van der Waals surface area contributed by atoms with Gasteiger partial charge >= 0.3 is 0 Å². The Kier molecular flexibility index (Phi) is 7.66. The standard InChI is InChI=1S/C25H29ClN2O5/c1-6-15-7-9-16(10-8-15)22-21(24(30)25(31)28(22)12-11-27(2)3)23(29)17-13-20(33-5)18(26)14-19(17)32-4/h7-10,13-14,22,29H,6,11-12H2,1-5H3/b23-21+. The molecule has 33 heavy (non-hydrogen) atoms. The highest BCUT2D eigenvalue weighted by molar-refractivity contribution is 6.46. The molecular weight excluding hydrogens is 444 g/mol. The molecule has 8 heteroatoms. The van der Waals surface area contributed by atoms with Crippen molar-refractivity contribution in [3.05, 3.63) is 63.7 Å². The molecule has 1 atom stereocenters. The second-order valence-electron chi connectivity index (χ2n) is 8.08. The van der Waals surface area contributed by atoms with Gasteiger partial charge in [0.2, 0.25) is 0 Å². The summed E-state index contributed by atoms with van der Waals surface area (Å²) in [6, 6.07) is 9.99. The van der Waals surface area contributed by atoms with E-state index in [0.717, 1.165) is 17.5 Å². The van der Waals surface area contributed by atoms with Crippen molar-refractivity contribution in [3.63, 3.8) is 0 Å². The van der Waals surface area contributed by atoms with Crippen molar-refractivity contribution in [2.45, 2.75) is 19.4 Å². The number of hydrogen-bond acceptors (Lipinski definition) is 6. The zero-order valence-corrected chi connectivity index (χ0v) is 20.3. The second-order valence-corrected chi connectivity index (χ2v) is 8.49. The number of likely N-dealkylation sites (tertiary alicyclic amines) is 1. The molecule has 1 fully saturated rings. The SMILES string of the molecule is CCc1ccc(C2/C(=C(\O)c3cc(OC)c(Cl)cc3OC)C(=O)C(=O)N2CCN(C)C)cc1. The summed E-state index contributed by atoms with van der Waals surface area (Å²) in [5.74, 6) is -1.16. The molecule has 1 amide bonds. The minimum absolute atomic E-state index is 0.00526. The number of halogens is 1. The van der Waals surface area contributed by atoms with Crippen molar-refractivity contribution in [3.8, 4) is 11.5 Å². The Hall–Kier alpha value is -3.03. The molecular formula is C25H29ClN2O5. The van der Waals surface area contributed by atoms with Gasteiger partial charge in [0.25, 0.3) is 11.7 Å². The number of rotatable bonds is 8. The van der Waals surface area contributed by atoms with E-state index in [0.29, 0.717) is 23.9 Å². The third-order valence-corrected chi connectivity index (χ3v) is 6.06. The Morgan fingerprint density at radius 1 is 1.09 bits per heavy atom. The molecule has 1 aliphatic rings. The number of ether oxygens (including phenoxy) is 2. The highest BCUT2D eigenvalue weighted by Crippen LogP contribution is 2.43. The van der Waals surface area contributed by atoms with Crippen LogP contribution in [-0.2, 0) is 16.0 Å². The van der Waals surface area contributed by atoms with Crippen LogP contribution in [0.25, 0.3) is 5.76 Å². The molecule has 3 rings (SSSR count). The van der Waals surface area contributed by atoms with Crippen molar-refractivity contribution in [1.29, 1.82) is 0 Å². The van der Waals surface area contributed by atoms with Crippen LogP contribution in [0.15, 0.2) is 42.0 Å². The third-order valence-electron chi connectivity index (χ3n) is 5.76. The average molecular weight is 473 g/mol. The van der Waals surface area contributed by atoms with E-state index >= 15 is 0 Å². The Morgan fingerprint density at radius 3 is 2.27 bits per heavy atom. The van der Waals surface area contributed by atoms with Crippen LogP contribution >= 0.6 is 11.6 Å². The number of nitrogens with zero attached hydrogens (tertiary/aromatic N) is 2. The van der Waals surface area contributed by atoms with Gasteiger partial charge in [0.15, 0.2) is 0 Å². The number of hydrogen-bond donors (Lipinski definition) is 1. The molecule has 7 nitrogen and oxygen atoms in total. The van der Waals surface area contributed by atoms with E-state index < -0.39 is 17.7 Å². The van der Waals surface area contributed by atoms with Crippen molar-refractivity contribution in [2.24, 2.45) is 0 Å². The molecule has 1 aliphatic heterocycles. The van der Waals surface area contributed by atoms with Crippen LogP contribution < -0.4 is 9.47 Å². The predicted octanol–water partition coefficient (Wildman–Crippen LogP) is 3.90. The summed E-state index contributed by atoms with van der Waals surface area (Å²) >= 11 is 6.21. The number of carbonyl (C=O) groups is 2. The second kappa shape index (κ2) is 10.3. The zero-order chi connectivity index (χ0) is 24.3. The van der Waals surface area contributed by atoms with Crippen molar-refractivity contribution < 1.29 is 24.2 Å². The van der Waals surface area contributed by atoms with Gasteiger partial charge in [-0.05, 0) is 37.7 Å². The maximum absolute atomic E-state index is 13.2. The summed E-state index contributed by atoms with van der Waals surface area (Å²) in [6.45, 7) is 2.95. The van der Waals surface area contributed by atoms with Crippen LogP contribution in [0.2, 0.25) is 5.02 Å². The molecule has 1 heterocycles. The fraction of sp³-hybridized carbons (Fsp3) is 0.360. The zero-order valence-electron chi connectivity index (χ0n) is 19.5. The number of Topliss-reactive ketones (excluding diaryl/α,β-unsaturated/α-hetero) is 1. The fourth-order valence-electron chi connectivity index (χ4n) is 3.89. The van der Waals surface area contributed by atoms with E-state index in [4.69, 9.17) is 21.1 Å². The molecule has 2 aromatic carbocycles. The molecule has 1 N–H and O–H groups in total. The molecule has 2 aromatic rings. The van der Waals surface area contributed by atoms with Crippen molar-refractivity contribution in [1.82, 2.24) is 9.80 Å². The third kappa shape index (κ3) is 4.84. The highest BCUT2D eigenvalue weighted by atomic mass is 35.5. The van der Waals surface area contributed by atoms with Gasteiger partial charge in [-0.15, -0.1) is 0 Å². The highest BCUT2D eigenvalue weighted by Gasteiger charge is 2.46. The first kappa shape index (κ1) is 24.6. The smallest absolute Gasteiger partial charge is 0.295 e. The summed E-state index contributed by atoms with van der Waals surface area (Å²) in [5.41, 5.74) is 2.10. The summed E-state index contributed by atoms with van der Waals surface area (Å²) in [5, 5.41) is 11.6. The number of likely N-dealkylation sites (N-methyl/N-ethyl adjacent to an activating group) is 1. The Labute approximate surface area is 199 Å². The minimum Gasteiger partial charge on any atom is -0.507 e. The molecule has 0 saturated carbocycles. The van der Waals surface area contributed by atoms with E-state index in [1.165, 1.54) is 31.3 Å². The summed E-state index contributed by atoms with van der Waals surface area (Å²) in [6.07, 6.45) is 0.864. The molecule has 0 bridgehead atoms.